The summed E-state index contributed by atoms with van der Waals surface area (Å²) in [6.45, 7) is 1.29. The Balaban J connectivity index is 1.87. The van der Waals surface area contributed by atoms with Gasteiger partial charge in [-0.1, -0.05) is 18.2 Å². The molecule has 3 unspecified atom stereocenters. The maximum Gasteiger partial charge on any atom is 0.128 e. The van der Waals surface area contributed by atoms with E-state index in [4.69, 9.17) is 4.74 Å². The highest BCUT2D eigenvalue weighted by Gasteiger charge is 2.46. The van der Waals surface area contributed by atoms with E-state index in [1.165, 1.54) is 0 Å². The van der Waals surface area contributed by atoms with E-state index >= 15 is 0 Å². The Labute approximate surface area is 169 Å². The summed E-state index contributed by atoms with van der Waals surface area (Å²) in [5, 5.41) is 50.3. The molecule has 5 N–H and O–H groups in total. The number of hydrogen-bond acceptors (Lipinski definition) is 8. The SMILES string of the molecule is Cc1cc(-c2ccnc(N(C)C)c2)ccc1[C@@H](O)[C@H]1OC(CO)[C@@H](O)C(O)C1O. The number of anilines is 1. The lowest BCUT2D eigenvalue weighted by Gasteiger charge is -2.42. The monoisotopic (exact) mass is 404 g/mol. The van der Waals surface area contributed by atoms with Crippen LogP contribution in [0.3, 0.4) is 0 Å². The third-order valence-electron chi connectivity index (χ3n) is 5.37. The largest absolute Gasteiger partial charge is 0.394 e. The minimum absolute atomic E-state index is 0.528. The number of aliphatic hydroxyl groups is 5. The summed E-state index contributed by atoms with van der Waals surface area (Å²) in [6.07, 6.45) is -6.24. The zero-order valence-corrected chi connectivity index (χ0v) is 16.7. The number of rotatable bonds is 5. The van der Waals surface area contributed by atoms with Crippen molar-refractivity contribution in [1.29, 1.82) is 0 Å². The van der Waals surface area contributed by atoms with Crippen LogP contribution in [0, 0.1) is 6.92 Å². The normalized spacial score (nSPS) is 28.2. The minimum atomic E-state index is -1.53. The van der Waals surface area contributed by atoms with E-state index < -0.39 is 43.2 Å². The van der Waals surface area contributed by atoms with E-state index in [9.17, 15) is 25.5 Å². The number of aliphatic hydroxyl groups excluding tert-OH is 5. The molecule has 0 amide bonds. The number of ether oxygens (including phenoxy) is 1. The molecular weight excluding hydrogens is 376 g/mol. The summed E-state index contributed by atoms with van der Waals surface area (Å²) in [6, 6.07) is 9.37. The molecule has 8 heteroatoms. The Hall–Kier alpha value is -2.07. The van der Waals surface area contributed by atoms with Gasteiger partial charge >= 0.3 is 0 Å². The Morgan fingerprint density at radius 1 is 1.03 bits per heavy atom. The maximum absolute atomic E-state index is 10.8. The fourth-order valence-corrected chi connectivity index (χ4v) is 3.60. The van der Waals surface area contributed by atoms with Crippen LogP contribution in [0.1, 0.15) is 17.2 Å². The van der Waals surface area contributed by atoms with Crippen molar-refractivity contribution in [3.8, 4) is 11.1 Å². The van der Waals surface area contributed by atoms with Gasteiger partial charge in [-0.15, -0.1) is 0 Å². The molecule has 1 aromatic carbocycles. The van der Waals surface area contributed by atoms with Crippen LogP contribution >= 0.6 is 0 Å². The molecule has 3 rings (SSSR count). The van der Waals surface area contributed by atoms with Gasteiger partial charge in [0, 0.05) is 20.3 Å². The van der Waals surface area contributed by atoms with E-state index in [0.717, 1.165) is 22.5 Å². The highest BCUT2D eigenvalue weighted by Crippen LogP contribution is 2.33. The summed E-state index contributed by atoms with van der Waals surface area (Å²) < 4.78 is 5.48. The smallest absolute Gasteiger partial charge is 0.128 e. The Morgan fingerprint density at radius 2 is 1.72 bits per heavy atom. The first-order valence-electron chi connectivity index (χ1n) is 9.47. The lowest BCUT2D eigenvalue weighted by molar-refractivity contribution is -0.250. The highest BCUT2D eigenvalue weighted by molar-refractivity contribution is 5.67. The molecule has 1 aliphatic rings. The van der Waals surface area contributed by atoms with Crippen molar-refractivity contribution in [3.63, 3.8) is 0 Å². The average molecular weight is 404 g/mol. The van der Waals surface area contributed by atoms with Gasteiger partial charge in [0.25, 0.3) is 0 Å². The molecule has 1 aliphatic heterocycles. The van der Waals surface area contributed by atoms with Crippen molar-refractivity contribution in [2.45, 2.75) is 43.5 Å². The molecule has 2 aromatic rings. The van der Waals surface area contributed by atoms with Crippen molar-refractivity contribution in [3.05, 3.63) is 47.7 Å². The van der Waals surface area contributed by atoms with Crippen molar-refractivity contribution >= 4 is 5.82 Å². The van der Waals surface area contributed by atoms with E-state index in [2.05, 4.69) is 4.98 Å². The average Bonchev–Trinajstić information content (AvgIpc) is 2.72. The third-order valence-corrected chi connectivity index (χ3v) is 5.37. The molecule has 2 heterocycles. The molecule has 6 atom stereocenters. The molecule has 0 saturated carbocycles. The highest BCUT2D eigenvalue weighted by atomic mass is 16.6. The minimum Gasteiger partial charge on any atom is -0.394 e. The van der Waals surface area contributed by atoms with Gasteiger partial charge in [0.05, 0.1) is 6.61 Å². The maximum atomic E-state index is 10.8. The van der Waals surface area contributed by atoms with Crippen molar-refractivity contribution in [2.24, 2.45) is 0 Å². The van der Waals surface area contributed by atoms with Crippen LogP contribution in [0.4, 0.5) is 5.82 Å². The predicted octanol–water partition coefficient (Wildman–Crippen LogP) is -0.00118. The number of hydrogen-bond donors (Lipinski definition) is 5. The van der Waals surface area contributed by atoms with Gasteiger partial charge in [-0.25, -0.2) is 4.98 Å². The first-order valence-corrected chi connectivity index (χ1v) is 9.47. The van der Waals surface area contributed by atoms with Crippen LogP contribution in [0.15, 0.2) is 36.5 Å². The van der Waals surface area contributed by atoms with Crippen molar-refractivity contribution in [2.75, 3.05) is 25.6 Å². The summed E-state index contributed by atoms with van der Waals surface area (Å²) in [7, 11) is 3.83. The molecule has 1 saturated heterocycles. The number of aryl methyl sites for hydroxylation is 1. The second kappa shape index (κ2) is 8.74. The molecule has 158 valence electrons. The lowest BCUT2D eigenvalue weighted by Crippen LogP contribution is -2.59. The Kier molecular flexibility index (Phi) is 6.52. The fraction of sp³-hybridized carbons (Fsp3) is 0.476. The molecule has 0 radical (unpaired) electrons. The first-order chi connectivity index (χ1) is 13.7. The van der Waals surface area contributed by atoms with Gasteiger partial charge in [-0.3, -0.25) is 0 Å². The Bertz CT molecular complexity index is 844. The standard InChI is InChI=1S/C21H28N2O6/c1-11-8-12(13-6-7-22-16(9-13)23(2)3)4-5-14(11)17(25)21-20(28)19(27)18(26)15(10-24)29-21/h4-9,15,17-21,24-28H,10H2,1-3H3/t15?,17-,18-,19?,20?,21-/m1/s1. The zero-order valence-electron chi connectivity index (χ0n) is 16.7. The van der Waals surface area contributed by atoms with Crippen LogP contribution in [0.2, 0.25) is 0 Å². The van der Waals surface area contributed by atoms with Crippen LogP contribution in [0.5, 0.6) is 0 Å². The first kappa shape index (κ1) is 21.6. The number of pyridine rings is 1. The molecular formula is C21H28N2O6. The van der Waals surface area contributed by atoms with Gasteiger partial charge in [-0.05, 0) is 41.3 Å². The summed E-state index contributed by atoms with van der Waals surface area (Å²) in [5.74, 6) is 0.825. The number of benzene rings is 1. The molecule has 29 heavy (non-hydrogen) atoms. The lowest BCUT2D eigenvalue weighted by atomic mass is 9.88. The number of nitrogens with zero attached hydrogens (tertiary/aromatic N) is 2. The quantitative estimate of drug-likeness (QED) is 0.471. The van der Waals surface area contributed by atoms with Gasteiger partial charge < -0.3 is 35.2 Å². The molecule has 8 nitrogen and oxygen atoms in total. The van der Waals surface area contributed by atoms with Gasteiger partial charge in [0.2, 0.25) is 0 Å². The topological polar surface area (TPSA) is 127 Å². The second-order valence-corrected chi connectivity index (χ2v) is 7.61. The van der Waals surface area contributed by atoms with Gasteiger partial charge in [0.15, 0.2) is 0 Å². The predicted molar refractivity (Wildman–Crippen MR) is 107 cm³/mol. The summed E-state index contributed by atoms with van der Waals surface area (Å²) in [5.41, 5.74) is 3.22. The third kappa shape index (κ3) is 4.28. The molecule has 1 fully saturated rings. The molecule has 0 aliphatic carbocycles. The van der Waals surface area contributed by atoms with Crippen LogP contribution in [-0.2, 0) is 4.74 Å². The van der Waals surface area contributed by atoms with Gasteiger partial charge in [0.1, 0.15) is 42.4 Å². The molecule has 0 bridgehead atoms. The van der Waals surface area contributed by atoms with Crippen LogP contribution < -0.4 is 4.90 Å². The van der Waals surface area contributed by atoms with E-state index in [-0.39, 0.29) is 0 Å². The number of aromatic nitrogens is 1. The molecule has 1 aromatic heterocycles. The van der Waals surface area contributed by atoms with E-state index in [0.29, 0.717) is 5.56 Å². The van der Waals surface area contributed by atoms with Gasteiger partial charge in [-0.2, -0.15) is 0 Å². The summed E-state index contributed by atoms with van der Waals surface area (Å²) in [4.78, 5) is 6.22. The van der Waals surface area contributed by atoms with Crippen molar-refractivity contribution < 1.29 is 30.3 Å². The van der Waals surface area contributed by atoms with E-state index in [1.807, 2.05) is 50.2 Å². The van der Waals surface area contributed by atoms with Crippen LogP contribution in [-0.4, -0.2) is 81.7 Å². The Morgan fingerprint density at radius 3 is 2.34 bits per heavy atom. The van der Waals surface area contributed by atoms with E-state index in [1.54, 1.807) is 12.3 Å². The zero-order chi connectivity index (χ0) is 21.3. The van der Waals surface area contributed by atoms with Crippen LogP contribution in [0.25, 0.3) is 11.1 Å². The summed E-state index contributed by atoms with van der Waals surface area (Å²) >= 11 is 0. The fourth-order valence-electron chi connectivity index (χ4n) is 3.60. The second-order valence-electron chi connectivity index (χ2n) is 7.61. The van der Waals surface area contributed by atoms with Crippen molar-refractivity contribution in [1.82, 2.24) is 4.98 Å². The molecule has 0 spiro atoms.